The predicted octanol–water partition coefficient (Wildman–Crippen LogP) is 2.77. The van der Waals surface area contributed by atoms with Gasteiger partial charge in [0.25, 0.3) is 5.91 Å². The molecule has 2 aromatic rings. The van der Waals surface area contributed by atoms with Crippen molar-refractivity contribution in [2.24, 2.45) is 0 Å². The van der Waals surface area contributed by atoms with Crippen molar-refractivity contribution < 1.29 is 14.4 Å². The van der Waals surface area contributed by atoms with E-state index in [1.807, 2.05) is 67.4 Å². The van der Waals surface area contributed by atoms with Crippen LogP contribution in [0, 0.1) is 0 Å². The summed E-state index contributed by atoms with van der Waals surface area (Å²) in [6, 6.07) is 15.0. The van der Waals surface area contributed by atoms with Gasteiger partial charge in [0, 0.05) is 30.6 Å². The first kappa shape index (κ1) is 21.1. The summed E-state index contributed by atoms with van der Waals surface area (Å²) in [5.41, 5.74) is 3.07. The Labute approximate surface area is 182 Å². The first-order valence-corrected chi connectivity index (χ1v) is 10.7. The summed E-state index contributed by atoms with van der Waals surface area (Å²) in [7, 11) is 1.89. The van der Waals surface area contributed by atoms with E-state index in [-0.39, 0.29) is 36.7 Å². The minimum atomic E-state index is -0.228. The van der Waals surface area contributed by atoms with E-state index in [0.29, 0.717) is 23.8 Å². The minimum absolute atomic E-state index is 0.0328. The molecule has 1 saturated carbocycles. The van der Waals surface area contributed by atoms with Gasteiger partial charge in [-0.1, -0.05) is 24.3 Å². The van der Waals surface area contributed by atoms with Crippen LogP contribution >= 0.6 is 0 Å². The molecule has 162 valence electrons. The summed E-state index contributed by atoms with van der Waals surface area (Å²) in [4.78, 5) is 41.1. The minimum Gasteiger partial charge on any atom is -0.349 e. The van der Waals surface area contributed by atoms with Crippen molar-refractivity contribution in [2.75, 3.05) is 23.8 Å². The second-order valence-corrected chi connectivity index (χ2v) is 8.50. The molecular formula is C24H28N4O3. The van der Waals surface area contributed by atoms with Crippen LogP contribution in [-0.4, -0.2) is 48.3 Å². The van der Waals surface area contributed by atoms with E-state index in [0.717, 1.165) is 24.1 Å². The molecule has 0 radical (unpaired) electrons. The summed E-state index contributed by atoms with van der Waals surface area (Å²) in [5, 5.41) is 5.87. The summed E-state index contributed by atoms with van der Waals surface area (Å²) in [5.74, 6) is -0.177. The Kier molecular flexibility index (Phi) is 6.04. The van der Waals surface area contributed by atoms with E-state index in [4.69, 9.17) is 0 Å². The SMILES string of the molecule is CC1CC(=O)Nc2ccccc2N1C(=O)CN(C)Cc1ccc(C(=O)NC2CC2)cc1. The fourth-order valence-electron chi connectivity index (χ4n) is 3.90. The van der Waals surface area contributed by atoms with Crippen LogP contribution in [0.25, 0.3) is 0 Å². The second kappa shape index (κ2) is 8.89. The van der Waals surface area contributed by atoms with Crippen LogP contribution < -0.4 is 15.5 Å². The highest BCUT2D eigenvalue weighted by atomic mass is 16.2. The zero-order chi connectivity index (χ0) is 22.0. The molecule has 0 bridgehead atoms. The van der Waals surface area contributed by atoms with Gasteiger partial charge in [-0.15, -0.1) is 0 Å². The van der Waals surface area contributed by atoms with Crippen molar-refractivity contribution in [3.8, 4) is 0 Å². The smallest absolute Gasteiger partial charge is 0.251 e. The molecule has 4 rings (SSSR count). The molecule has 2 N–H and O–H groups in total. The van der Waals surface area contributed by atoms with Crippen molar-refractivity contribution in [1.29, 1.82) is 0 Å². The fourth-order valence-corrected chi connectivity index (χ4v) is 3.90. The van der Waals surface area contributed by atoms with Crippen molar-refractivity contribution in [3.63, 3.8) is 0 Å². The van der Waals surface area contributed by atoms with Gasteiger partial charge in [-0.3, -0.25) is 19.3 Å². The molecule has 7 nitrogen and oxygen atoms in total. The number of hydrogen-bond donors (Lipinski definition) is 2. The molecule has 1 unspecified atom stereocenters. The monoisotopic (exact) mass is 420 g/mol. The summed E-state index contributed by atoms with van der Waals surface area (Å²) >= 11 is 0. The quantitative estimate of drug-likeness (QED) is 0.753. The lowest BCUT2D eigenvalue weighted by Crippen LogP contribution is -2.44. The molecule has 31 heavy (non-hydrogen) atoms. The van der Waals surface area contributed by atoms with E-state index in [1.165, 1.54) is 0 Å². The van der Waals surface area contributed by atoms with E-state index in [9.17, 15) is 14.4 Å². The van der Waals surface area contributed by atoms with Crippen molar-refractivity contribution in [1.82, 2.24) is 10.2 Å². The Balaban J connectivity index is 1.40. The Hall–Kier alpha value is -3.19. The highest BCUT2D eigenvalue weighted by molar-refractivity contribution is 6.04. The molecule has 2 aliphatic rings. The Morgan fingerprint density at radius 2 is 1.84 bits per heavy atom. The highest BCUT2D eigenvalue weighted by Crippen LogP contribution is 2.31. The van der Waals surface area contributed by atoms with Gasteiger partial charge in [0.15, 0.2) is 0 Å². The third kappa shape index (κ3) is 5.11. The molecule has 1 aliphatic heterocycles. The van der Waals surface area contributed by atoms with Crippen LogP contribution in [0.2, 0.25) is 0 Å². The average Bonchev–Trinajstić information content (AvgIpc) is 3.54. The maximum absolute atomic E-state index is 13.2. The number of likely N-dealkylation sites (N-methyl/N-ethyl adjacent to an activating group) is 1. The van der Waals surface area contributed by atoms with Crippen molar-refractivity contribution in [2.45, 2.75) is 44.8 Å². The number of anilines is 2. The molecule has 1 atom stereocenters. The maximum Gasteiger partial charge on any atom is 0.251 e. The van der Waals surface area contributed by atoms with Gasteiger partial charge in [-0.25, -0.2) is 0 Å². The number of benzene rings is 2. The fraction of sp³-hybridized carbons (Fsp3) is 0.375. The zero-order valence-electron chi connectivity index (χ0n) is 17.9. The normalized spacial score (nSPS) is 18.2. The van der Waals surface area contributed by atoms with Gasteiger partial charge < -0.3 is 15.5 Å². The summed E-state index contributed by atoms with van der Waals surface area (Å²) < 4.78 is 0. The number of nitrogens with one attached hydrogen (secondary N) is 2. The molecule has 7 heteroatoms. The lowest BCUT2D eigenvalue weighted by atomic mass is 10.1. The number of amides is 3. The largest absolute Gasteiger partial charge is 0.349 e. The zero-order valence-corrected chi connectivity index (χ0v) is 17.9. The lowest BCUT2D eigenvalue weighted by molar-refractivity contribution is -0.120. The predicted molar refractivity (Wildman–Crippen MR) is 120 cm³/mol. The van der Waals surface area contributed by atoms with E-state index in [1.54, 1.807) is 4.90 Å². The number of hydrogen-bond acceptors (Lipinski definition) is 4. The van der Waals surface area contributed by atoms with Crippen LogP contribution in [0.15, 0.2) is 48.5 Å². The van der Waals surface area contributed by atoms with Crippen LogP contribution in [0.1, 0.15) is 42.1 Å². The van der Waals surface area contributed by atoms with Gasteiger partial charge in [0.05, 0.1) is 17.9 Å². The Morgan fingerprint density at radius 1 is 1.13 bits per heavy atom. The number of rotatable bonds is 6. The summed E-state index contributed by atoms with van der Waals surface area (Å²) in [6.07, 6.45) is 2.38. The molecular weight excluding hydrogens is 392 g/mol. The molecule has 0 spiro atoms. The standard InChI is InChI=1S/C24H28N4O3/c1-16-13-22(29)26-20-5-3-4-6-21(20)28(16)23(30)15-27(2)14-17-7-9-18(10-8-17)24(31)25-19-11-12-19/h3-10,16,19H,11-15H2,1-2H3,(H,25,31)(H,26,29). The van der Waals surface area contributed by atoms with E-state index in [2.05, 4.69) is 10.6 Å². The second-order valence-electron chi connectivity index (χ2n) is 8.50. The van der Waals surface area contributed by atoms with E-state index >= 15 is 0 Å². The van der Waals surface area contributed by atoms with Crippen LogP contribution in [-0.2, 0) is 16.1 Å². The third-order valence-electron chi connectivity index (χ3n) is 5.61. The topological polar surface area (TPSA) is 81.8 Å². The van der Waals surface area contributed by atoms with Crippen LogP contribution in [0.5, 0.6) is 0 Å². The molecule has 1 fully saturated rings. The number of carbonyl (C=O) groups excluding carboxylic acids is 3. The van der Waals surface area contributed by atoms with Crippen molar-refractivity contribution in [3.05, 3.63) is 59.7 Å². The number of fused-ring (bicyclic) bond motifs is 1. The van der Waals surface area contributed by atoms with Gasteiger partial charge in [-0.2, -0.15) is 0 Å². The molecule has 1 heterocycles. The van der Waals surface area contributed by atoms with Crippen molar-refractivity contribution >= 4 is 29.1 Å². The lowest BCUT2D eigenvalue weighted by Gasteiger charge is -2.29. The van der Waals surface area contributed by atoms with E-state index < -0.39 is 0 Å². The molecule has 1 aliphatic carbocycles. The van der Waals surface area contributed by atoms with Gasteiger partial charge >= 0.3 is 0 Å². The van der Waals surface area contributed by atoms with Gasteiger partial charge in [-0.05, 0) is 56.6 Å². The van der Waals surface area contributed by atoms with Gasteiger partial charge in [0.1, 0.15) is 0 Å². The van der Waals surface area contributed by atoms with Crippen LogP contribution in [0.4, 0.5) is 11.4 Å². The molecule has 0 saturated heterocycles. The highest BCUT2D eigenvalue weighted by Gasteiger charge is 2.30. The maximum atomic E-state index is 13.2. The number of para-hydroxylation sites is 2. The number of carbonyl (C=O) groups is 3. The molecule has 0 aromatic heterocycles. The molecule has 3 amide bonds. The Morgan fingerprint density at radius 3 is 2.55 bits per heavy atom. The number of nitrogens with zero attached hydrogens (tertiary/aromatic N) is 2. The summed E-state index contributed by atoms with van der Waals surface area (Å²) in [6.45, 7) is 2.69. The average molecular weight is 421 g/mol. The molecule has 2 aromatic carbocycles. The third-order valence-corrected chi connectivity index (χ3v) is 5.61. The first-order valence-electron chi connectivity index (χ1n) is 10.7. The Bertz CT molecular complexity index is 985. The van der Waals surface area contributed by atoms with Gasteiger partial charge in [0.2, 0.25) is 11.8 Å². The van der Waals surface area contributed by atoms with Crippen LogP contribution in [0.3, 0.4) is 0 Å². The first-order chi connectivity index (χ1) is 14.9.